The van der Waals surface area contributed by atoms with Crippen LogP contribution in [0.2, 0.25) is 0 Å². The molecule has 10 nitrogen and oxygen atoms in total. The van der Waals surface area contributed by atoms with Crippen molar-refractivity contribution in [2.45, 2.75) is 77.9 Å². The Bertz CT molecular complexity index is 1920. The first-order valence-corrected chi connectivity index (χ1v) is 18.8. The predicted molar refractivity (Wildman–Crippen MR) is 221 cm³/mol. The van der Waals surface area contributed by atoms with Crippen LogP contribution in [0.1, 0.15) is 73.1 Å². The van der Waals surface area contributed by atoms with Crippen molar-refractivity contribution in [3.8, 4) is 5.75 Å². The zero-order valence-corrected chi connectivity index (χ0v) is 33.1. The zero-order valence-electron chi connectivity index (χ0n) is 33.1. The molecule has 4 aromatic rings. The van der Waals surface area contributed by atoms with E-state index in [9.17, 15) is 19.5 Å². The van der Waals surface area contributed by atoms with E-state index < -0.39 is 35.8 Å². The van der Waals surface area contributed by atoms with Gasteiger partial charge in [0, 0.05) is 24.3 Å². The summed E-state index contributed by atoms with van der Waals surface area (Å²) >= 11 is 0. The number of amides is 3. The number of aliphatic hydroxyl groups excluding tert-OH is 1. The van der Waals surface area contributed by atoms with Gasteiger partial charge < -0.3 is 29.5 Å². The molecule has 296 valence electrons. The molecular weight excluding hydrogens is 707 g/mol. The molecule has 4 aromatic carbocycles. The van der Waals surface area contributed by atoms with Gasteiger partial charge in [0.05, 0.1) is 18.7 Å². The van der Waals surface area contributed by atoms with E-state index in [-0.39, 0.29) is 44.1 Å². The van der Waals surface area contributed by atoms with Gasteiger partial charge in [0.15, 0.2) is 0 Å². The van der Waals surface area contributed by atoms with E-state index >= 15 is 0 Å². The summed E-state index contributed by atoms with van der Waals surface area (Å²) in [6.45, 7) is 17.6. The molecule has 2 N–H and O–H groups in total. The maximum atomic E-state index is 14.0. The summed E-state index contributed by atoms with van der Waals surface area (Å²) in [5.41, 5.74) is 3.56. The first kappa shape index (κ1) is 42.9. The van der Waals surface area contributed by atoms with Crippen LogP contribution in [0.3, 0.4) is 0 Å². The number of aliphatic hydroxyl groups is 1. The van der Waals surface area contributed by atoms with Crippen molar-refractivity contribution < 1.29 is 33.7 Å². The van der Waals surface area contributed by atoms with Crippen LogP contribution in [0.15, 0.2) is 128 Å². The van der Waals surface area contributed by atoms with Gasteiger partial charge in [0.1, 0.15) is 24.6 Å². The Morgan fingerprint density at radius 3 is 2.21 bits per heavy atom. The molecule has 0 saturated carbocycles. The van der Waals surface area contributed by atoms with E-state index in [1.54, 1.807) is 57.2 Å². The topological polar surface area (TPSA) is 118 Å². The fourth-order valence-corrected chi connectivity index (χ4v) is 5.89. The molecule has 0 radical (unpaired) electrons. The van der Waals surface area contributed by atoms with Gasteiger partial charge in [0.25, 0.3) is 5.91 Å². The average Bonchev–Trinajstić information content (AvgIpc) is 3.17. The minimum Gasteiger partial charge on any atom is -0.490 e. The van der Waals surface area contributed by atoms with Crippen LogP contribution in [0.25, 0.3) is 0 Å². The number of benzene rings is 4. The summed E-state index contributed by atoms with van der Waals surface area (Å²) in [7, 11) is 0. The number of ether oxygens (including phenoxy) is 3. The largest absolute Gasteiger partial charge is 0.490 e. The summed E-state index contributed by atoms with van der Waals surface area (Å²) < 4.78 is 17.1. The molecule has 0 unspecified atom stereocenters. The monoisotopic (exact) mass is 761 g/mol. The Morgan fingerprint density at radius 2 is 1.52 bits per heavy atom. The van der Waals surface area contributed by atoms with Crippen LogP contribution in [0.5, 0.6) is 5.75 Å². The fraction of sp³-hybridized carbons (Fsp3) is 0.326. The van der Waals surface area contributed by atoms with E-state index in [0.717, 1.165) is 22.3 Å². The van der Waals surface area contributed by atoms with Crippen molar-refractivity contribution in [1.29, 1.82) is 0 Å². The summed E-state index contributed by atoms with van der Waals surface area (Å²) in [5, 5.41) is 15.0. The quantitative estimate of drug-likeness (QED) is 0.0974. The molecule has 4 rings (SSSR count). The second-order valence-corrected chi connectivity index (χ2v) is 14.8. The number of hydrogen-bond acceptors (Lipinski definition) is 7. The van der Waals surface area contributed by atoms with Crippen molar-refractivity contribution in [1.82, 2.24) is 10.2 Å². The van der Waals surface area contributed by atoms with Gasteiger partial charge in [-0.2, -0.15) is 0 Å². The van der Waals surface area contributed by atoms with E-state index in [1.807, 2.05) is 78.9 Å². The van der Waals surface area contributed by atoms with Crippen molar-refractivity contribution >= 4 is 23.8 Å². The number of nitrogens with zero attached hydrogens (tertiary/aromatic N) is 2. The molecule has 0 spiro atoms. The number of anilines is 1. The molecule has 0 aliphatic heterocycles. The minimum atomic E-state index is -1.24. The second kappa shape index (κ2) is 20.7. The van der Waals surface area contributed by atoms with Crippen LogP contribution in [-0.4, -0.2) is 65.5 Å². The Balaban J connectivity index is 1.65. The fourth-order valence-electron chi connectivity index (χ4n) is 5.89. The normalized spacial score (nSPS) is 12.2. The zero-order chi connectivity index (χ0) is 40.7. The van der Waals surface area contributed by atoms with Gasteiger partial charge in [0.2, 0.25) is 0 Å². The molecule has 0 aliphatic rings. The number of nitrogens with one attached hydrogen (secondary N) is 1. The van der Waals surface area contributed by atoms with Crippen LogP contribution < -0.4 is 15.0 Å². The van der Waals surface area contributed by atoms with E-state index in [1.165, 1.54) is 9.80 Å². The highest BCUT2D eigenvalue weighted by Gasteiger charge is 2.29. The summed E-state index contributed by atoms with van der Waals surface area (Å²) in [5.74, 6) is 0.395. The number of carbonyl (C=O) groups excluding carboxylic acids is 3. The van der Waals surface area contributed by atoms with Crippen molar-refractivity contribution in [3.05, 3.63) is 156 Å². The summed E-state index contributed by atoms with van der Waals surface area (Å²) in [6, 6.07) is 30.4. The van der Waals surface area contributed by atoms with Gasteiger partial charge in [-0.25, -0.2) is 9.59 Å². The average molecular weight is 762 g/mol. The maximum absolute atomic E-state index is 14.0. The van der Waals surface area contributed by atoms with Crippen molar-refractivity contribution in [2.75, 3.05) is 24.6 Å². The Labute approximate surface area is 331 Å². The van der Waals surface area contributed by atoms with Crippen molar-refractivity contribution in [3.63, 3.8) is 0 Å². The number of carbonyl (C=O) groups is 3. The Hall–Kier alpha value is -5.87. The molecule has 2 atom stereocenters. The lowest BCUT2D eigenvalue weighted by atomic mass is 9.99. The molecule has 0 saturated heterocycles. The van der Waals surface area contributed by atoms with E-state index in [2.05, 4.69) is 32.3 Å². The predicted octanol–water partition coefficient (Wildman–Crippen LogP) is 8.84. The Morgan fingerprint density at radius 1 is 0.821 bits per heavy atom. The molecule has 56 heavy (non-hydrogen) atoms. The van der Waals surface area contributed by atoms with Crippen LogP contribution in [0, 0.1) is 0 Å². The lowest BCUT2D eigenvalue weighted by molar-refractivity contribution is 0.0499. The SMILES string of the molecule is C=CCOc1cccc(C[C@H](NC(=O)c2cccc(N(CC=C)C(=O)OC(C)(C)C)c2)[C@H](O)CN(Cc2cccc(C(C)C)c2)C(=O)OCc2ccccc2)c1. The first-order valence-electron chi connectivity index (χ1n) is 18.8. The molecule has 0 aromatic heterocycles. The van der Waals surface area contributed by atoms with Gasteiger partial charge in [-0.15, -0.1) is 6.58 Å². The van der Waals surface area contributed by atoms with Crippen molar-refractivity contribution in [2.24, 2.45) is 0 Å². The highest BCUT2D eigenvalue weighted by molar-refractivity contribution is 5.97. The highest BCUT2D eigenvalue weighted by atomic mass is 16.6. The molecule has 0 bridgehead atoms. The molecule has 3 amide bonds. The van der Waals surface area contributed by atoms with Gasteiger partial charge in [-0.1, -0.05) is 105 Å². The minimum absolute atomic E-state index is 0.0540. The third-order valence-corrected chi connectivity index (χ3v) is 8.71. The lowest BCUT2D eigenvalue weighted by Crippen LogP contribution is -2.50. The van der Waals surface area contributed by atoms with Gasteiger partial charge in [-0.05, 0) is 85.7 Å². The van der Waals surface area contributed by atoms with Gasteiger partial charge >= 0.3 is 12.2 Å². The molecule has 0 fully saturated rings. The van der Waals surface area contributed by atoms with Gasteiger partial charge in [-0.3, -0.25) is 9.69 Å². The van der Waals surface area contributed by atoms with Crippen LogP contribution >= 0.6 is 0 Å². The third-order valence-electron chi connectivity index (χ3n) is 8.71. The summed E-state index contributed by atoms with van der Waals surface area (Å²) in [4.78, 5) is 43.8. The summed E-state index contributed by atoms with van der Waals surface area (Å²) in [6.07, 6.45) is 0.996. The lowest BCUT2D eigenvalue weighted by Gasteiger charge is -2.30. The standard InChI is InChI=1S/C46H55N3O7/c1-8-24-49(45(53)56-46(5,6)7)39-22-15-21-38(29-39)43(51)47-41(28-35-18-14-23-40(27-35)54-25-9-2)42(50)31-48(30-36-19-13-20-37(26-36)33(3)4)44(52)55-32-34-16-11-10-12-17-34/h8-23,26-27,29,33,41-42,50H,1-2,24-25,28,30-32H2,3-7H3,(H,47,51)/t41-,42+/m0/s1. The second-order valence-electron chi connectivity index (χ2n) is 14.8. The van der Waals surface area contributed by atoms with E-state index in [4.69, 9.17) is 14.2 Å². The van der Waals surface area contributed by atoms with Crippen LogP contribution in [0.4, 0.5) is 15.3 Å². The smallest absolute Gasteiger partial charge is 0.415 e. The number of rotatable bonds is 18. The first-order chi connectivity index (χ1) is 26.8. The molecule has 10 heteroatoms. The highest BCUT2D eigenvalue weighted by Crippen LogP contribution is 2.23. The Kier molecular flexibility index (Phi) is 15.9. The molecule has 0 heterocycles. The van der Waals surface area contributed by atoms with Crippen LogP contribution in [-0.2, 0) is 29.0 Å². The third kappa shape index (κ3) is 13.5. The maximum Gasteiger partial charge on any atom is 0.415 e. The molecular formula is C46H55N3O7. The van der Waals surface area contributed by atoms with E-state index in [0.29, 0.717) is 18.0 Å². The number of hydrogen-bond donors (Lipinski definition) is 2. The molecule has 0 aliphatic carbocycles.